The van der Waals surface area contributed by atoms with Crippen molar-refractivity contribution in [3.05, 3.63) is 0 Å². The Bertz CT molecular complexity index is 94.0. The normalized spacial score (nSPS) is 12.3. The molecule has 0 spiro atoms. The zero-order valence-electron chi connectivity index (χ0n) is 2.96. The Morgan fingerprint density at radius 1 is 1.50 bits per heavy atom. The van der Waals surface area contributed by atoms with Crippen molar-refractivity contribution in [2.24, 2.45) is 0 Å². The molecule has 0 rings (SSSR count). The van der Waals surface area contributed by atoms with Crippen LogP contribution in [-0.2, 0) is 21.2 Å². The molecule has 0 aliphatic carbocycles. The van der Waals surface area contributed by atoms with Crippen LogP contribution in [0.25, 0.3) is 0 Å². The van der Waals surface area contributed by atoms with Gasteiger partial charge in [-0.15, -0.1) is 0 Å². The van der Waals surface area contributed by atoms with Crippen LogP contribution in [0.3, 0.4) is 0 Å². The van der Waals surface area contributed by atoms with Gasteiger partial charge in [-0.3, -0.25) is 0 Å². The van der Waals surface area contributed by atoms with E-state index in [1.54, 1.807) is 0 Å². The summed E-state index contributed by atoms with van der Waals surface area (Å²) >= 11 is -5.14. The molecule has 0 bridgehead atoms. The molecule has 0 fully saturated rings. The molecule has 3 nitrogen and oxygen atoms in total. The van der Waals surface area contributed by atoms with Gasteiger partial charge in [-0.05, 0) is 0 Å². The minimum absolute atomic E-state index is 0. The van der Waals surface area contributed by atoms with Crippen molar-refractivity contribution in [1.82, 2.24) is 0 Å². The zero-order chi connectivity index (χ0) is 4.50. The average molecular weight is 224 g/mol. The first-order valence-electron chi connectivity index (χ1n) is 0.567. The Hall–Kier alpha value is 2.11. The molecule has 0 atom stereocenters. The summed E-state index contributed by atoms with van der Waals surface area (Å²) in [5, 5.41) is 0. The fraction of sp³-hybridized carbons (Fsp3) is 0. The first-order valence-corrected chi connectivity index (χ1v) is 4.93. The van der Waals surface area contributed by atoms with E-state index in [1.165, 1.54) is 0 Å². The van der Waals surface area contributed by atoms with Crippen molar-refractivity contribution in [2.45, 2.75) is 0 Å². The van der Waals surface area contributed by atoms with Crippen molar-refractivity contribution >= 4 is 9.69 Å². The van der Waals surface area contributed by atoms with Crippen LogP contribution in [0.4, 0.5) is 0 Å². The number of halogens is 1. The molecular weight excluding hydrogens is 224 g/mol. The number of rotatable bonds is 0. The van der Waals surface area contributed by atoms with Gasteiger partial charge in [0.25, 0.3) is 0 Å². The van der Waals surface area contributed by atoms with Crippen LogP contribution >= 0.6 is 9.69 Å². The second-order valence-electron chi connectivity index (χ2n) is 0.340. The third kappa shape index (κ3) is 35.8. The van der Waals surface area contributed by atoms with Gasteiger partial charge < -0.3 is 0 Å². The van der Waals surface area contributed by atoms with Gasteiger partial charge in [-0.2, -0.15) is 0 Å². The van der Waals surface area contributed by atoms with Gasteiger partial charge in [0.15, 0.2) is 0 Å². The van der Waals surface area contributed by atoms with Gasteiger partial charge in [0.05, 0.1) is 0 Å². The first kappa shape index (κ1) is 11.0. The summed E-state index contributed by atoms with van der Waals surface area (Å²) in [5.74, 6) is 0. The van der Waals surface area contributed by atoms with E-state index in [0.717, 1.165) is 0 Å². The second kappa shape index (κ2) is 4.04. The molecule has 0 N–H and O–H groups in total. The third-order valence-electron chi connectivity index (χ3n) is 0. The fourth-order valence-corrected chi connectivity index (χ4v) is 0. The maximum absolute atomic E-state index is 8.93. The number of hydrogen-bond acceptors (Lipinski definition) is 3. The summed E-state index contributed by atoms with van der Waals surface area (Å²) in [4.78, 5) is 0. The van der Waals surface area contributed by atoms with E-state index < -0.39 is 14.0 Å². The summed E-state index contributed by atoms with van der Waals surface area (Å²) in [5.41, 5.74) is 0. The van der Waals surface area contributed by atoms with E-state index in [2.05, 4.69) is 9.69 Å². The summed E-state index contributed by atoms with van der Waals surface area (Å²) in [6, 6.07) is 0. The summed E-state index contributed by atoms with van der Waals surface area (Å²) in [6.45, 7) is 0. The zero-order valence-corrected chi connectivity index (χ0v) is 8.57. The molecule has 0 aliphatic heterocycles. The van der Waals surface area contributed by atoms with Crippen LogP contribution < -0.4 is 55.3 Å². The molecular formula is ClKO3Ru. The van der Waals surface area contributed by atoms with Crippen LogP contribution in [0.2, 0.25) is 0 Å². The predicted molar refractivity (Wildman–Crippen MR) is 7.23 cm³/mol. The summed E-state index contributed by atoms with van der Waals surface area (Å²) < 4.78 is 26.8. The quantitative estimate of drug-likeness (QED) is 0.397. The average Bonchev–Trinajstić information content (AvgIpc) is 0.722. The van der Waals surface area contributed by atoms with E-state index in [-0.39, 0.29) is 51.4 Å². The Morgan fingerprint density at radius 2 is 1.50 bits per heavy atom. The summed E-state index contributed by atoms with van der Waals surface area (Å²) in [6.07, 6.45) is 0. The molecule has 0 saturated carbocycles. The van der Waals surface area contributed by atoms with Crippen molar-refractivity contribution < 1.29 is 76.5 Å². The summed E-state index contributed by atoms with van der Waals surface area (Å²) in [7, 11) is 4.03. The first-order chi connectivity index (χ1) is 2.00. The van der Waals surface area contributed by atoms with Crippen LogP contribution in [0, 0.1) is 0 Å². The fourth-order valence-electron chi connectivity index (χ4n) is 0. The molecule has 0 amide bonds. The van der Waals surface area contributed by atoms with E-state index in [1.807, 2.05) is 0 Å². The Balaban J connectivity index is 0. The third-order valence-corrected chi connectivity index (χ3v) is 0. The van der Waals surface area contributed by atoms with Gasteiger partial charge in [-0.1, -0.05) is 0 Å². The van der Waals surface area contributed by atoms with Gasteiger partial charge >= 0.3 is 86.2 Å². The molecule has 0 aliphatic rings. The standard InChI is InChI=1S/ClH.K.3O.Ru/h1H;;;;;/q;+1;;;-1;+1/p-1. The van der Waals surface area contributed by atoms with Gasteiger partial charge in [-0.25, -0.2) is 0 Å². The molecule has 0 saturated heterocycles. The molecule has 0 aromatic rings. The van der Waals surface area contributed by atoms with E-state index in [0.29, 0.717) is 0 Å². The SMILES string of the molecule is [K+].[O]=[Ru](=[O])([O-])[Cl]. The van der Waals surface area contributed by atoms with Crippen LogP contribution in [-0.4, -0.2) is 0 Å². The van der Waals surface area contributed by atoms with Crippen LogP contribution in [0.15, 0.2) is 0 Å². The molecule has 0 heterocycles. The minimum atomic E-state index is -5.14. The molecule has 6 heteroatoms. The van der Waals surface area contributed by atoms with E-state index in [4.69, 9.17) is 11.1 Å². The van der Waals surface area contributed by atoms with Crippen LogP contribution in [0.1, 0.15) is 0 Å². The topological polar surface area (TPSA) is 57.2 Å². The van der Waals surface area contributed by atoms with E-state index >= 15 is 0 Å². The predicted octanol–water partition coefficient (Wildman–Crippen LogP) is -3.74. The van der Waals surface area contributed by atoms with Crippen molar-refractivity contribution in [3.63, 3.8) is 0 Å². The van der Waals surface area contributed by atoms with Crippen molar-refractivity contribution in [2.75, 3.05) is 0 Å². The van der Waals surface area contributed by atoms with Crippen LogP contribution in [0.5, 0.6) is 0 Å². The Labute approximate surface area is 84.3 Å². The van der Waals surface area contributed by atoms with E-state index in [9.17, 15) is 0 Å². The van der Waals surface area contributed by atoms with Gasteiger partial charge in [0, 0.05) is 0 Å². The Morgan fingerprint density at radius 3 is 1.50 bits per heavy atom. The van der Waals surface area contributed by atoms with Gasteiger partial charge in [0.1, 0.15) is 0 Å². The molecule has 0 aromatic heterocycles. The Kier molecular flexibility index (Phi) is 7.39. The molecule has 0 unspecified atom stereocenters. The molecule has 0 aromatic carbocycles. The second-order valence-corrected chi connectivity index (χ2v) is 3.95. The number of hydrogen-bond donors (Lipinski definition) is 0. The van der Waals surface area contributed by atoms with Gasteiger partial charge in [0.2, 0.25) is 0 Å². The monoisotopic (exact) mass is 224 g/mol. The van der Waals surface area contributed by atoms with Crippen molar-refractivity contribution in [1.29, 1.82) is 0 Å². The van der Waals surface area contributed by atoms with Crippen molar-refractivity contribution in [3.8, 4) is 0 Å². The molecule has 34 valence electrons. The molecule has 0 radical (unpaired) electrons. The molecule has 6 heavy (non-hydrogen) atoms. The maximum atomic E-state index is 8.93.